The van der Waals surface area contributed by atoms with Crippen LogP contribution in [0.2, 0.25) is 0 Å². The van der Waals surface area contributed by atoms with Gasteiger partial charge in [0.2, 0.25) is 0 Å². The van der Waals surface area contributed by atoms with Crippen molar-refractivity contribution in [2.75, 3.05) is 32.0 Å². The smallest absolute Gasteiger partial charge is 0.253 e. The van der Waals surface area contributed by atoms with E-state index in [0.717, 1.165) is 25.3 Å². The maximum absolute atomic E-state index is 12.3. The molecule has 1 aromatic rings. The number of amides is 1. The summed E-state index contributed by atoms with van der Waals surface area (Å²) in [4.78, 5) is 18.7. The van der Waals surface area contributed by atoms with Gasteiger partial charge in [0.25, 0.3) is 5.91 Å². The van der Waals surface area contributed by atoms with Crippen LogP contribution in [0.3, 0.4) is 0 Å². The molecular weight excluding hydrogens is 252 g/mol. The number of hydrogen-bond donors (Lipinski definition) is 2. The van der Waals surface area contributed by atoms with Crippen molar-refractivity contribution in [2.45, 2.75) is 32.2 Å². The van der Waals surface area contributed by atoms with Crippen molar-refractivity contribution >= 4 is 11.6 Å². The van der Waals surface area contributed by atoms with Gasteiger partial charge < -0.3 is 15.5 Å². The molecule has 1 aliphatic rings. The van der Waals surface area contributed by atoms with Crippen molar-refractivity contribution in [1.29, 1.82) is 0 Å². The van der Waals surface area contributed by atoms with Crippen LogP contribution in [-0.2, 0) is 0 Å². The molecule has 1 aromatic heterocycles. The Labute approximate surface area is 120 Å². The molecule has 0 spiro atoms. The van der Waals surface area contributed by atoms with Gasteiger partial charge in [0.15, 0.2) is 0 Å². The molecule has 0 aliphatic carbocycles. The van der Waals surface area contributed by atoms with E-state index in [0.29, 0.717) is 5.56 Å². The summed E-state index contributed by atoms with van der Waals surface area (Å²) in [5.74, 6) is -0.0405. The Morgan fingerprint density at radius 3 is 2.85 bits per heavy atom. The van der Waals surface area contributed by atoms with Gasteiger partial charge in [-0.3, -0.25) is 9.78 Å². The number of aromatic nitrogens is 1. The van der Waals surface area contributed by atoms with Crippen LogP contribution in [0.5, 0.6) is 0 Å². The van der Waals surface area contributed by atoms with Crippen molar-refractivity contribution in [1.82, 2.24) is 15.2 Å². The second kappa shape index (κ2) is 7.24. The predicted molar refractivity (Wildman–Crippen MR) is 81.0 cm³/mol. The fourth-order valence-electron chi connectivity index (χ4n) is 2.67. The minimum atomic E-state index is -0.0405. The molecule has 2 heterocycles. The van der Waals surface area contributed by atoms with Gasteiger partial charge in [0.05, 0.1) is 17.4 Å². The van der Waals surface area contributed by atoms with Crippen LogP contribution in [0, 0.1) is 0 Å². The lowest BCUT2D eigenvalue weighted by Gasteiger charge is -2.29. The van der Waals surface area contributed by atoms with Crippen LogP contribution in [0.15, 0.2) is 18.5 Å². The van der Waals surface area contributed by atoms with Gasteiger partial charge in [-0.1, -0.05) is 6.42 Å². The lowest BCUT2D eigenvalue weighted by atomic mass is 10.1. The highest BCUT2D eigenvalue weighted by Crippen LogP contribution is 2.13. The Balaban J connectivity index is 1.89. The molecule has 0 bridgehead atoms. The van der Waals surface area contributed by atoms with Gasteiger partial charge in [-0.15, -0.1) is 0 Å². The third kappa shape index (κ3) is 3.93. The number of piperidine rings is 1. The van der Waals surface area contributed by atoms with Crippen LogP contribution >= 0.6 is 0 Å². The summed E-state index contributed by atoms with van der Waals surface area (Å²) in [6, 6.07) is 1.90. The average molecular weight is 276 g/mol. The SMILES string of the molecule is CNc1cnccc1C(=O)NC(C)CN1CCCCC1. The quantitative estimate of drug-likeness (QED) is 0.860. The molecule has 1 saturated heterocycles. The highest BCUT2D eigenvalue weighted by Gasteiger charge is 2.17. The van der Waals surface area contributed by atoms with Crippen molar-refractivity contribution in [3.8, 4) is 0 Å². The van der Waals surface area contributed by atoms with Gasteiger partial charge in [-0.2, -0.15) is 0 Å². The summed E-state index contributed by atoms with van der Waals surface area (Å²) in [5.41, 5.74) is 1.41. The number of likely N-dealkylation sites (tertiary alicyclic amines) is 1. The highest BCUT2D eigenvalue weighted by atomic mass is 16.1. The van der Waals surface area contributed by atoms with Crippen LogP contribution in [0.1, 0.15) is 36.5 Å². The second-order valence-corrected chi connectivity index (χ2v) is 5.41. The number of carbonyl (C=O) groups is 1. The van der Waals surface area contributed by atoms with Crippen LogP contribution in [-0.4, -0.2) is 48.5 Å². The van der Waals surface area contributed by atoms with Crippen molar-refractivity contribution < 1.29 is 4.79 Å². The number of pyridine rings is 1. The van der Waals surface area contributed by atoms with Crippen LogP contribution in [0.4, 0.5) is 5.69 Å². The Hall–Kier alpha value is -1.62. The standard InChI is InChI=1S/C15H24N4O/c1-12(11-19-8-4-3-5-9-19)18-15(20)13-6-7-17-10-14(13)16-2/h6-7,10,12,16H,3-5,8-9,11H2,1-2H3,(H,18,20). The molecule has 0 radical (unpaired) electrons. The van der Waals surface area contributed by atoms with E-state index in [1.54, 1.807) is 25.5 Å². The lowest BCUT2D eigenvalue weighted by molar-refractivity contribution is 0.0926. The maximum Gasteiger partial charge on any atom is 0.253 e. The van der Waals surface area contributed by atoms with E-state index in [2.05, 4.69) is 27.4 Å². The molecular formula is C15H24N4O. The number of nitrogens with one attached hydrogen (secondary N) is 2. The predicted octanol–water partition coefficient (Wildman–Crippen LogP) is 1.73. The first-order valence-corrected chi connectivity index (χ1v) is 7.35. The fraction of sp³-hybridized carbons (Fsp3) is 0.600. The third-order valence-electron chi connectivity index (χ3n) is 3.69. The van der Waals surface area contributed by atoms with E-state index in [9.17, 15) is 4.79 Å². The number of rotatable bonds is 5. The lowest BCUT2D eigenvalue weighted by Crippen LogP contribution is -2.43. The van der Waals surface area contributed by atoms with E-state index in [1.165, 1.54) is 19.3 Å². The summed E-state index contributed by atoms with van der Waals surface area (Å²) in [6.07, 6.45) is 7.19. The molecule has 1 amide bonds. The number of anilines is 1. The summed E-state index contributed by atoms with van der Waals surface area (Å²) >= 11 is 0. The van der Waals surface area contributed by atoms with Crippen molar-refractivity contribution in [3.05, 3.63) is 24.0 Å². The molecule has 20 heavy (non-hydrogen) atoms. The molecule has 5 nitrogen and oxygen atoms in total. The van der Waals surface area contributed by atoms with Gasteiger partial charge >= 0.3 is 0 Å². The largest absolute Gasteiger partial charge is 0.386 e. The van der Waals surface area contributed by atoms with Gasteiger partial charge in [0.1, 0.15) is 0 Å². The van der Waals surface area contributed by atoms with Crippen LogP contribution in [0.25, 0.3) is 0 Å². The minimum Gasteiger partial charge on any atom is -0.386 e. The number of hydrogen-bond acceptors (Lipinski definition) is 4. The van der Waals surface area contributed by atoms with E-state index in [4.69, 9.17) is 0 Å². The molecule has 0 aromatic carbocycles. The fourth-order valence-corrected chi connectivity index (χ4v) is 2.67. The Bertz CT molecular complexity index is 443. The minimum absolute atomic E-state index is 0.0405. The van der Waals surface area contributed by atoms with Gasteiger partial charge in [-0.25, -0.2) is 0 Å². The first-order valence-electron chi connectivity index (χ1n) is 7.35. The van der Waals surface area contributed by atoms with Crippen molar-refractivity contribution in [2.24, 2.45) is 0 Å². The monoisotopic (exact) mass is 276 g/mol. The van der Waals surface area contributed by atoms with E-state index in [-0.39, 0.29) is 11.9 Å². The summed E-state index contributed by atoms with van der Waals surface area (Å²) < 4.78 is 0. The highest BCUT2D eigenvalue weighted by molar-refractivity contribution is 5.99. The Kier molecular flexibility index (Phi) is 5.35. The molecule has 5 heteroatoms. The Morgan fingerprint density at radius 1 is 1.40 bits per heavy atom. The van der Waals surface area contributed by atoms with Crippen molar-refractivity contribution in [3.63, 3.8) is 0 Å². The molecule has 1 aliphatic heterocycles. The third-order valence-corrected chi connectivity index (χ3v) is 3.69. The molecule has 2 N–H and O–H groups in total. The van der Waals surface area contributed by atoms with E-state index in [1.807, 2.05) is 0 Å². The summed E-state index contributed by atoms with van der Waals surface area (Å²) in [5, 5.41) is 6.07. The van der Waals surface area contributed by atoms with Gasteiger partial charge in [0, 0.05) is 25.8 Å². The summed E-state index contributed by atoms with van der Waals surface area (Å²) in [6.45, 7) is 5.28. The zero-order valence-corrected chi connectivity index (χ0v) is 12.4. The molecule has 1 fully saturated rings. The van der Waals surface area contributed by atoms with Gasteiger partial charge in [-0.05, 0) is 38.9 Å². The first-order chi connectivity index (χ1) is 9.70. The molecule has 1 atom stereocenters. The Morgan fingerprint density at radius 2 is 2.15 bits per heavy atom. The first kappa shape index (κ1) is 14.8. The molecule has 0 saturated carbocycles. The average Bonchev–Trinajstić information content (AvgIpc) is 2.48. The number of nitrogens with zero attached hydrogens (tertiary/aromatic N) is 2. The maximum atomic E-state index is 12.3. The molecule has 2 rings (SSSR count). The summed E-state index contributed by atoms with van der Waals surface area (Å²) in [7, 11) is 1.80. The van der Waals surface area contributed by atoms with Crippen LogP contribution < -0.4 is 10.6 Å². The number of carbonyl (C=O) groups excluding carboxylic acids is 1. The van der Waals surface area contributed by atoms with E-state index < -0.39 is 0 Å². The van der Waals surface area contributed by atoms with E-state index >= 15 is 0 Å². The zero-order chi connectivity index (χ0) is 14.4. The normalized spacial score (nSPS) is 17.5. The topological polar surface area (TPSA) is 57.3 Å². The zero-order valence-electron chi connectivity index (χ0n) is 12.4. The molecule has 110 valence electrons. The second-order valence-electron chi connectivity index (χ2n) is 5.41. The molecule has 1 unspecified atom stereocenters.